The molecular weight excluding hydrogens is 428 g/mol. The molecule has 0 saturated heterocycles. The minimum atomic E-state index is -1.61. The first kappa shape index (κ1) is 22.3. The number of hydrazone groups is 2. The van der Waals surface area contributed by atoms with Gasteiger partial charge in [-0.2, -0.15) is 15.2 Å². The Morgan fingerprint density at radius 1 is 1.00 bits per heavy atom. The van der Waals surface area contributed by atoms with Crippen LogP contribution in [-0.2, 0) is 4.79 Å². The summed E-state index contributed by atoms with van der Waals surface area (Å²) in [6, 6.07) is 12.1. The van der Waals surface area contributed by atoms with Crippen molar-refractivity contribution in [1.82, 2.24) is 0 Å². The van der Waals surface area contributed by atoms with E-state index in [0.717, 1.165) is 0 Å². The van der Waals surface area contributed by atoms with Gasteiger partial charge in [-0.25, -0.2) is 9.80 Å². The normalized spacial score (nSPS) is 21.8. The summed E-state index contributed by atoms with van der Waals surface area (Å²) in [7, 11) is 0. The van der Waals surface area contributed by atoms with Crippen molar-refractivity contribution in [3.63, 3.8) is 0 Å². The number of aromatic carboxylic acids is 1. The Hall–Kier alpha value is -3.86. The Morgan fingerprint density at radius 3 is 2.18 bits per heavy atom. The first-order valence-electron chi connectivity index (χ1n) is 10.1. The Balaban J connectivity index is 1.56. The van der Waals surface area contributed by atoms with Crippen LogP contribution in [0.4, 0.5) is 11.4 Å². The second kappa shape index (κ2) is 8.58. The fourth-order valence-electron chi connectivity index (χ4n) is 3.69. The zero-order valence-corrected chi connectivity index (χ0v) is 17.8. The van der Waals surface area contributed by atoms with Crippen molar-refractivity contribution in [2.24, 2.45) is 16.1 Å². The molecule has 0 bridgehead atoms. The monoisotopic (exact) mass is 450 g/mol. The molecule has 0 aliphatic carbocycles. The van der Waals surface area contributed by atoms with Crippen LogP contribution in [0.1, 0.15) is 36.1 Å². The third-order valence-corrected chi connectivity index (χ3v) is 5.54. The van der Waals surface area contributed by atoms with E-state index in [-0.39, 0.29) is 11.5 Å². The van der Waals surface area contributed by atoms with Gasteiger partial charge in [0.25, 0.3) is 5.91 Å². The van der Waals surface area contributed by atoms with Gasteiger partial charge in [0.1, 0.15) is 0 Å². The molecule has 0 aromatic heterocycles. The van der Waals surface area contributed by atoms with E-state index in [1.165, 1.54) is 34.3 Å². The molecule has 1 amide bonds. The maximum Gasteiger partial charge on any atom is 0.335 e. The molecule has 0 spiro atoms. The molecule has 2 heterocycles. The molecule has 2 unspecified atom stereocenters. The maximum atomic E-state index is 13.0. The lowest BCUT2D eigenvalue weighted by molar-refractivity contribution is -0.114. The van der Waals surface area contributed by atoms with E-state index in [1.807, 2.05) is 0 Å². The molecule has 0 fully saturated rings. The van der Waals surface area contributed by atoms with Crippen LogP contribution < -0.4 is 10.0 Å². The quantitative estimate of drug-likeness (QED) is 0.402. The lowest BCUT2D eigenvalue weighted by Gasteiger charge is -2.22. The second-order valence-corrected chi connectivity index (χ2v) is 7.73. The summed E-state index contributed by atoms with van der Waals surface area (Å²) in [5.41, 5.74) is 2.76. The van der Waals surface area contributed by atoms with Crippen molar-refractivity contribution in [2.75, 3.05) is 10.0 Å². The summed E-state index contributed by atoms with van der Waals surface area (Å²) < 4.78 is 0. The van der Waals surface area contributed by atoms with Crippen LogP contribution in [0.15, 0.2) is 70.4 Å². The smallest absolute Gasteiger partial charge is 0.335 e. The summed E-state index contributed by atoms with van der Waals surface area (Å²) in [5.74, 6) is -2.01. The number of benzene rings is 2. The van der Waals surface area contributed by atoms with Crippen molar-refractivity contribution >= 4 is 34.7 Å². The number of carbonyl (C=O) groups excluding carboxylic acids is 1. The largest absolute Gasteiger partial charge is 0.478 e. The maximum absolute atomic E-state index is 13.0. The molecule has 0 saturated carbocycles. The van der Waals surface area contributed by atoms with E-state index < -0.39 is 24.4 Å². The van der Waals surface area contributed by atoms with Crippen LogP contribution in [0.3, 0.4) is 0 Å². The van der Waals surface area contributed by atoms with Crippen LogP contribution in [0.2, 0.25) is 0 Å². The number of carbonyl (C=O) groups is 2. The standard InChI is InChI=1S/C23H22N4O6/c1-12-18(20(28)26(24-12)16-7-3-14(4-8-16)22(30)31)11-19-13(2)25-27(21(19)29)17-9-5-15(6-10-17)23(32)33/h3-11,18,20,23,28,32-33H,1-2H3,(H,30,31). The molecule has 2 atom stereocenters. The number of hydrogen-bond acceptors (Lipinski definition) is 8. The van der Waals surface area contributed by atoms with Gasteiger partial charge >= 0.3 is 5.97 Å². The third-order valence-electron chi connectivity index (χ3n) is 5.54. The van der Waals surface area contributed by atoms with Crippen LogP contribution in [0, 0.1) is 5.92 Å². The highest BCUT2D eigenvalue weighted by Gasteiger charge is 2.37. The van der Waals surface area contributed by atoms with Gasteiger partial charge in [-0.05, 0) is 50.2 Å². The highest BCUT2D eigenvalue weighted by atomic mass is 16.5. The van der Waals surface area contributed by atoms with Crippen LogP contribution in [0.5, 0.6) is 0 Å². The predicted octanol–water partition coefficient (Wildman–Crippen LogP) is 1.85. The molecular formula is C23H22N4O6. The van der Waals surface area contributed by atoms with Crippen molar-refractivity contribution in [3.05, 3.63) is 71.3 Å². The molecule has 2 aromatic rings. The first-order chi connectivity index (χ1) is 15.7. The second-order valence-electron chi connectivity index (χ2n) is 7.73. The number of anilines is 2. The lowest BCUT2D eigenvalue weighted by Crippen LogP contribution is -2.32. The zero-order chi connectivity index (χ0) is 23.9. The summed E-state index contributed by atoms with van der Waals surface area (Å²) in [5, 5.41) is 49.7. The van der Waals surface area contributed by atoms with Gasteiger partial charge in [0, 0.05) is 11.3 Å². The highest BCUT2D eigenvalue weighted by molar-refractivity contribution is 6.30. The van der Waals surface area contributed by atoms with E-state index >= 15 is 0 Å². The molecule has 0 radical (unpaired) electrons. The van der Waals surface area contributed by atoms with E-state index in [2.05, 4.69) is 10.2 Å². The highest BCUT2D eigenvalue weighted by Crippen LogP contribution is 2.31. The molecule has 2 aromatic carbocycles. The SMILES string of the molecule is CC1=NN(c2ccc(C(O)O)cc2)C(=O)C1=CC1C(C)=NN(c2ccc(C(=O)O)cc2)C1O. The number of aliphatic hydroxyl groups excluding tert-OH is 2. The van der Waals surface area contributed by atoms with Gasteiger partial charge in [-0.3, -0.25) is 4.79 Å². The van der Waals surface area contributed by atoms with Crippen LogP contribution >= 0.6 is 0 Å². The fraction of sp³-hybridized carbons (Fsp3) is 0.217. The van der Waals surface area contributed by atoms with Crippen molar-refractivity contribution in [2.45, 2.75) is 26.4 Å². The predicted molar refractivity (Wildman–Crippen MR) is 121 cm³/mol. The van der Waals surface area contributed by atoms with Gasteiger partial charge in [0.2, 0.25) is 0 Å². The topological polar surface area (TPSA) is 146 Å². The molecule has 4 rings (SSSR count). The molecule has 10 heteroatoms. The lowest BCUT2D eigenvalue weighted by atomic mass is 9.98. The summed E-state index contributed by atoms with van der Waals surface area (Å²) in [6.07, 6.45) is -1.07. The molecule has 33 heavy (non-hydrogen) atoms. The number of carboxylic acid groups (broad SMARTS) is 1. The number of amides is 1. The Labute approximate surface area is 189 Å². The molecule has 2 aliphatic rings. The van der Waals surface area contributed by atoms with Crippen molar-refractivity contribution in [1.29, 1.82) is 0 Å². The molecule has 2 aliphatic heterocycles. The minimum absolute atomic E-state index is 0.122. The Morgan fingerprint density at radius 2 is 1.61 bits per heavy atom. The van der Waals surface area contributed by atoms with E-state index in [9.17, 15) is 24.9 Å². The average molecular weight is 450 g/mol. The summed E-state index contributed by atoms with van der Waals surface area (Å²) >= 11 is 0. The van der Waals surface area contributed by atoms with Gasteiger partial charge in [0.05, 0.1) is 34.1 Å². The number of rotatable bonds is 5. The van der Waals surface area contributed by atoms with Crippen LogP contribution in [-0.4, -0.2) is 50.0 Å². The molecule has 4 N–H and O–H groups in total. The zero-order valence-electron chi connectivity index (χ0n) is 17.8. The van der Waals surface area contributed by atoms with Gasteiger partial charge < -0.3 is 20.4 Å². The molecule has 170 valence electrons. The van der Waals surface area contributed by atoms with E-state index in [1.54, 1.807) is 44.2 Å². The number of nitrogens with zero attached hydrogens (tertiary/aromatic N) is 4. The van der Waals surface area contributed by atoms with E-state index in [0.29, 0.717) is 33.9 Å². The Kier molecular flexibility index (Phi) is 5.81. The van der Waals surface area contributed by atoms with Crippen LogP contribution in [0.25, 0.3) is 0 Å². The van der Waals surface area contributed by atoms with Gasteiger partial charge in [-0.1, -0.05) is 18.2 Å². The van der Waals surface area contributed by atoms with Crippen molar-refractivity contribution in [3.8, 4) is 0 Å². The Bertz CT molecular complexity index is 1180. The van der Waals surface area contributed by atoms with Gasteiger partial charge in [0.15, 0.2) is 12.5 Å². The number of aliphatic hydroxyl groups is 3. The van der Waals surface area contributed by atoms with Crippen molar-refractivity contribution < 1.29 is 30.0 Å². The fourth-order valence-corrected chi connectivity index (χ4v) is 3.69. The number of carboxylic acids is 1. The summed E-state index contributed by atoms with van der Waals surface area (Å²) in [4.78, 5) is 24.1. The number of hydrogen-bond donors (Lipinski definition) is 4. The molecule has 10 nitrogen and oxygen atoms in total. The van der Waals surface area contributed by atoms with Gasteiger partial charge in [-0.15, -0.1) is 0 Å². The third kappa shape index (κ3) is 4.14. The average Bonchev–Trinajstić information content (AvgIpc) is 3.24. The first-order valence-corrected chi connectivity index (χ1v) is 10.1. The minimum Gasteiger partial charge on any atom is -0.478 e. The van der Waals surface area contributed by atoms with E-state index in [4.69, 9.17) is 5.11 Å². The summed E-state index contributed by atoms with van der Waals surface area (Å²) in [6.45, 7) is 3.42.